The van der Waals surface area contributed by atoms with Gasteiger partial charge in [0, 0.05) is 24.0 Å². The van der Waals surface area contributed by atoms with Crippen molar-refractivity contribution in [3.05, 3.63) is 24.3 Å². The Balaban J connectivity index is 1.76. The SMILES string of the molecule is CC(CNc1nc(N)nc2ccccc12)N(C)C1CC1. The van der Waals surface area contributed by atoms with Gasteiger partial charge in [0.15, 0.2) is 0 Å². The molecule has 3 N–H and O–H groups in total. The lowest BCUT2D eigenvalue weighted by molar-refractivity contribution is 0.257. The third-order valence-corrected chi connectivity index (χ3v) is 4.00. The van der Waals surface area contributed by atoms with Crippen molar-refractivity contribution >= 4 is 22.7 Å². The highest BCUT2D eigenvalue weighted by Gasteiger charge is 2.28. The summed E-state index contributed by atoms with van der Waals surface area (Å²) >= 11 is 0. The number of hydrogen-bond acceptors (Lipinski definition) is 5. The van der Waals surface area contributed by atoms with E-state index in [0.717, 1.165) is 29.3 Å². The van der Waals surface area contributed by atoms with E-state index in [1.165, 1.54) is 12.8 Å². The lowest BCUT2D eigenvalue weighted by Crippen LogP contribution is -2.36. The predicted molar refractivity (Wildman–Crippen MR) is 82.7 cm³/mol. The number of nitrogens with one attached hydrogen (secondary N) is 1. The molecule has 1 aromatic heterocycles. The van der Waals surface area contributed by atoms with Gasteiger partial charge in [-0.15, -0.1) is 0 Å². The van der Waals surface area contributed by atoms with E-state index in [-0.39, 0.29) is 0 Å². The van der Waals surface area contributed by atoms with E-state index < -0.39 is 0 Å². The molecule has 1 aliphatic carbocycles. The summed E-state index contributed by atoms with van der Waals surface area (Å²) in [4.78, 5) is 11.0. The van der Waals surface area contributed by atoms with Gasteiger partial charge in [-0.3, -0.25) is 4.90 Å². The number of para-hydroxylation sites is 1. The van der Waals surface area contributed by atoms with Crippen molar-refractivity contribution in [2.24, 2.45) is 0 Å². The summed E-state index contributed by atoms with van der Waals surface area (Å²) in [6.07, 6.45) is 2.65. The molecular weight excluding hydrogens is 250 g/mol. The van der Waals surface area contributed by atoms with Crippen molar-refractivity contribution in [3.63, 3.8) is 0 Å². The molecule has 106 valence electrons. The van der Waals surface area contributed by atoms with Gasteiger partial charge in [-0.2, -0.15) is 4.98 Å². The van der Waals surface area contributed by atoms with Crippen LogP contribution in [-0.2, 0) is 0 Å². The molecule has 20 heavy (non-hydrogen) atoms. The van der Waals surface area contributed by atoms with Gasteiger partial charge in [0.2, 0.25) is 5.95 Å². The maximum Gasteiger partial charge on any atom is 0.222 e. The quantitative estimate of drug-likeness (QED) is 0.871. The average molecular weight is 271 g/mol. The van der Waals surface area contributed by atoms with E-state index in [2.05, 4.69) is 34.2 Å². The molecule has 0 aliphatic heterocycles. The zero-order valence-electron chi connectivity index (χ0n) is 12.0. The number of hydrogen-bond donors (Lipinski definition) is 2. The normalized spacial score (nSPS) is 16.6. The van der Waals surface area contributed by atoms with Gasteiger partial charge < -0.3 is 11.1 Å². The highest BCUT2D eigenvalue weighted by molar-refractivity contribution is 5.89. The van der Waals surface area contributed by atoms with Gasteiger partial charge in [0.1, 0.15) is 5.82 Å². The second-order valence-corrected chi connectivity index (χ2v) is 5.57. The number of rotatable bonds is 5. The molecule has 5 nitrogen and oxygen atoms in total. The van der Waals surface area contributed by atoms with Crippen LogP contribution in [0, 0.1) is 0 Å². The molecular formula is C15H21N5. The summed E-state index contributed by atoms with van der Waals surface area (Å²) < 4.78 is 0. The molecule has 1 saturated carbocycles. The van der Waals surface area contributed by atoms with Crippen molar-refractivity contribution in [3.8, 4) is 0 Å². The van der Waals surface area contributed by atoms with Gasteiger partial charge >= 0.3 is 0 Å². The summed E-state index contributed by atoms with van der Waals surface area (Å²) in [7, 11) is 2.19. The van der Waals surface area contributed by atoms with Crippen LogP contribution in [0.5, 0.6) is 0 Å². The van der Waals surface area contributed by atoms with Crippen LogP contribution >= 0.6 is 0 Å². The maximum absolute atomic E-state index is 5.78. The van der Waals surface area contributed by atoms with Gasteiger partial charge in [0.25, 0.3) is 0 Å². The van der Waals surface area contributed by atoms with Crippen molar-refractivity contribution < 1.29 is 0 Å². The largest absolute Gasteiger partial charge is 0.368 e. The first-order valence-electron chi connectivity index (χ1n) is 7.13. The molecule has 1 heterocycles. The lowest BCUT2D eigenvalue weighted by atomic mass is 10.2. The van der Waals surface area contributed by atoms with Crippen molar-refractivity contribution in [1.82, 2.24) is 14.9 Å². The molecule has 0 saturated heterocycles. The van der Waals surface area contributed by atoms with Crippen LogP contribution in [0.15, 0.2) is 24.3 Å². The number of benzene rings is 1. The fourth-order valence-electron chi connectivity index (χ4n) is 2.46. The second kappa shape index (κ2) is 5.25. The third kappa shape index (κ3) is 2.67. The molecule has 0 bridgehead atoms. The molecule has 1 aromatic carbocycles. The second-order valence-electron chi connectivity index (χ2n) is 5.57. The zero-order valence-corrected chi connectivity index (χ0v) is 12.0. The summed E-state index contributed by atoms with van der Waals surface area (Å²) in [6, 6.07) is 9.16. The minimum atomic E-state index is 0.314. The summed E-state index contributed by atoms with van der Waals surface area (Å²) in [5.74, 6) is 1.14. The average Bonchev–Trinajstić information content (AvgIpc) is 3.28. The Morgan fingerprint density at radius 2 is 2.10 bits per heavy atom. The minimum Gasteiger partial charge on any atom is -0.368 e. The number of anilines is 2. The Morgan fingerprint density at radius 1 is 1.35 bits per heavy atom. The van der Waals surface area contributed by atoms with Crippen LogP contribution in [0.2, 0.25) is 0 Å². The van der Waals surface area contributed by atoms with Crippen molar-refractivity contribution in [2.75, 3.05) is 24.6 Å². The Labute approximate surface area is 119 Å². The highest BCUT2D eigenvalue weighted by atomic mass is 15.2. The zero-order chi connectivity index (χ0) is 14.1. The Kier molecular flexibility index (Phi) is 3.44. The number of nitrogen functional groups attached to an aromatic ring is 1. The first-order valence-corrected chi connectivity index (χ1v) is 7.13. The maximum atomic E-state index is 5.78. The smallest absolute Gasteiger partial charge is 0.222 e. The summed E-state index contributed by atoms with van der Waals surface area (Å²) in [5, 5.41) is 4.44. The van der Waals surface area contributed by atoms with Crippen molar-refractivity contribution in [2.45, 2.75) is 31.8 Å². The molecule has 2 aromatic rings. The van der Waals surface area contributed by atoms with Crippen LogP contribution in [0.4, 0.5) is 11.8 Å². The molecule has 1 unspecified atom stereocenters. The fraction of sp³-hybridized carbons (Fsp3) is 0.467. The van der Waals surface area contributed by atoms with E-state index in [9.17, 15) is 0 Å². The number of fused-ring (bicyclic) bond motifs is 1. The predicted octanol–water partition coefficient (Wildman–Crippen LogP) is 2.11. The molecule has 1 fully saturated rings. The summed E-state index contributed by atoms with van der Waals surface area (Å²) in [6.45, 7) is 3.09. The number of likely N-dealkylation sites (N-methyl/N-ethyl adjacent to an activating group) is 1. The van der Waals surface area contributed by atoms with Gasteiger partial charge in [-0.25, -0.2) is 4.98 Å². The van der Waals surface area contributed by atoms with Crippen LogP contribution in [0.1, 0.15) is 19.8 Å². The summed E-state index contributed by atoms with van der Waals surface area (Å²) in [5.41, 5.74) is 6.66. The number of nitrogens with two attached hydrogens (primary N) is 1. The molecule has 1 aliphatic rings. The van der Waals surface area contributed by atoms with E-state index in [0.29, 0.717) is 12.0 Å². The lowest BCUT2D eigenvalue weighted by Gasteiger charge is -2.25. The molecule has 0 spiro atoms. The molecule has 3 rings (SSSR count). The highest BCUT2D eigenvalue weighted by Crippen LogP contribution is 2.27. The monoisotopic (exact) mass is 271 g/mol. The van der Waals surface area contributed by atoms with E-state index in [1.807, 2.05) is 24.3 Å². The van der Waals surface area contributed by atoms with Crippen LogP contribution < -0.4 is 11.1 Å². The van der Waals surface area contributed by atoms with Crippen molar-refractivity contribution in [1.29, 1.82) is 0 Å². The van der Waals surface area contributed by atoms with Crippen LogP contribution in [0.25, 0.3) is 10.9 Å². The third-order valence-electron chi connectivity index (χ3n) is 4.00. The Bertz CT molecular complexity index is 608. The van der Waals surface area contributed by atoms with E-state index >= 15 is 0 Å². The molecule has 0 amide bonds. The van der Waals surface area contributed by atoms with Crippen LogP contribution in [-0.4, -0.2) is 40.5 Å². The van der Waals surface area contributed by atoms with Gasteiger partial charge in [0.05, 0.1) is 5.52 Å². The standard InChI is InChI=1S/C15H21N5/c1-10(20(2)11-7-8-11)9-17-14-12-5-3-4-6-13(12)18-15(16)19-14/h3-6,10-11H,7-9H2,1-2H3,(H3,16,17,18,19). The number of aromatic nitrogens is 2. The van der Waals surface area contributed by atoms with E-state index in [4.69, 9.17) is 5.73 Å². The molecule has 1 atom stereocenters. The van der Waals surface area contributed by atoms with Gasteiger partial charge in [-0.1, -0.05) is 12.1 Å². The first kappa shape index (κ1) is 13.1. The topological polar surface area (TPSA) is 67.1 Å². The van der Waals surface area contributed by atoms with E-state index in [1.54, 1.807) is 0 Å². The molecule has 0 radical (unpaired) electrons. The Morgan fingerprint density at radius 3 is 2.85 bits per heavy atom. The number of nitrogens with zero attached hydrogens (tertiary/aromatic N) is 3. The first-order chi connectivity index (χ1) is 9.65. The van der Waals surface area contributed by atoms with Gasteiger partial charge in [-0.05, 0) is 38.9 Å². The van der Waals surface area contributed by atoms with Crippen LogP contribution in [0.3, 0.4) is 0 Å². The Hall–Kier alpha value is -1.88. The minimum absolute atomic E-state index is 0.314. The fourth-order valence-corrected chi connectivity index (χ4v) is 2.46. The molecule has 5 heteroatoms.